The Morgan fingerprint density at radius 2 is 1.46 bits per heavy atom. The molecule has 1 aliphatic rings. The number of hydrogen-bond acceptors (Lipinski definition) is 16. The number of aliphatic imine (C=N–C) groups is 1. The van der Waals surface area contributed by atoms with E-state index < -0.39 is 139 Å². The van der Waals surface area contributed by atoms with Crippen LogP contribution in [0.3, 0.4) is 0 Å². The fourth-order valence-corrected chi connectivity index (χ4v) is 8.47. The first-order chi connectivity index (χ1) is 37.9. The summed E-state index contributed by atoms with van der Waals surface area (Å²) in [5, 5.41) is 42.1. The fourth-order valence-electron chi connectivity index (χ4n) is 8.47. The second-order valence-corrected chi connectivity index (χ2v) is 20.4. The molecule has 0 spiro atoms. The van der Waals surface area contributed by atoms with E-state index in [9.17, 15) is 57.8 Å². The predicted octanol–water partition coefficient (Wildman–Crippen LogP) is -4.79. The Morgan fingerprint density at radius 1 is 0.787 bits per heavy atom. The van der Waals surface area contributed by atoms with Crippen molar-refractivity contribution in [3.8, 4) is 0 Å². The van der Waals surface area contributed by atoms with E-state index >= 15 is 0 Å². The van der Waals surface area contributed by atoms with Crippen molar-refractivity contribution in [3.05, 3.63) is 11.9 Å². The van der Waals surface area contributed by atoms with Gasteiger partial charge < -0.3 is 81.6 Å². The van der Waals surface area contributed by atoms with Crippen molar-refractivity contribution in [3.63, 3.8) is 0 Å². The molecule has 450 valence electrons. The molecule has 0 radical (unpaired) electrons. The van der Waals surface area contributed by atoms with Gasteiger partial charge >= 0.3 is 0 Å². The average Bonchev–Trinajstić information content (AvgIpc) is 3.85. The molecule has 30 heteroatoms. The van der Waals surface area contributed by atoms with Crippen LogP contribution in [0.4, 0.5) is 0 Å². The number of nitrogens with two attached hydrogens (primary N) is 5. The van der Waals surface area contributed by atoms with Gasteiger partial charge in [-0.3, -0.25) is 62.4 Å². The van der Waals surface area contributed by atoms with E-state index in [1.54, 1.807) is 24.7 Å². The fraction of sp³-hybridized carbons (Fsp3) is 0.720. The number of hydrogen-bond donors (Lipinski definition) is 15. The Labute approximate surface area is 466 Å². The number of primary amides is 2. The maximum atomic E-state index is 14.3. The summed E-state index contributed by atoms with van der Waals surface area (Å²) in [6.07, 6.45) is 4.97. The minimum atomic E-state index is -1.68. The third-order valence-electron chi connectivity index (χ3n) is 13.1. The molecule has 0 aromatic carbocycles. The number of guanidine groups is 1. The molecule has 1 aliphatic heterocycles. The first-order valence-electron chi connectivity index (χ1n) is 27.4. The van der Waals surface area contributed by atoms with Crippen LogP contribution in [-0.2, 0) is 65.7 Å². The lowest BCUT2D eigenvalue weighted by Crippen LogP contribution is -2.61. The van der Waals surface area contributed by atoms with Gasteiger partial charge in [-0.1, -0.05) is 45.7 Å². The largest absolute Gasteiger partial charge is 0.394 e. The quantitative estimate of drug-likeness (QED) is 0.0235. The SMILES string of the molecule is CC[C@H](C)[C@@H]1NC(=O)[C@H](CO)NC(=O)C(NC(=O)CNC(=O)[C@H](CCCCN)NC(C)=O)CCCCn2cc(nn2)CCCC[C@@H](C(=O)N[C@@H](CC(C)C)C(=O)N[C@@H](CCCN=C(N)N)C(N)=O)NC(=O)C(CCC(N)=O)NC1=O. The Balaban J connectivity index is 2.53. The van der Waals surface area contributed by atoms with Crippen LogP contribution in [0.15, 0.2) is 11.2 Å². The molecule has 0 saturated carbocycles. The highest BCUT2D eigenvalue weighted by molar-refractivity contribution is 5.98. The molecule has 2 rings (SSSR count). The molecular formula is C50H88N18O12. The van der Waals surface area contributed by atoms with Gasteiger partial charge in [-0.2, -0.15) is 0 Å². The lowest BCUT2D eigenvalue weighted by atomic mass is 9.97. The number of fused-ring (bicyclic) bond motifs is 2. The van der Waals surface area contributed by atoms with Crippen LogP contribution in [-0.4, -0.2) is 166 Å². The summed E-state index contributed by atoms with van der Waals surface area (Å²) in [5.74, 6) is -9.74. The average molecular weight is 1130 g/mol. The topological polar surface area (TPSA) is 489 Å². The zero-order valence-electron chi connectivity index (χ0n) is 46.8. The van der Waals surface area contributed by atoms with Gasteiger partial charge in [-0.25, -0.2) is 0 Å². The number of amides is 11. The van der Waals surface area contributed by atoms with Gasteiger partial charge in [-0.15, -0.1) is 5.10 Å². The maximum absolute atomic E-state index is 14.3. The highest BCUT2D eigenvalue weighted by atomic mass is 16.3. The van der Waals surface area contributed by atoms with E-state index in [0.29, 0.717) is 63.7 Å². The van der Waals surface area contributed by atoms with Crippen molar-refractivity contribution in [2.75, 3.05) is 26.2 Å². The molecular weight excluding hydrogens is 1040 g/mol. The van der Waals surface area contributed by atoms with Crippen LogP contribution in [0.25, 0.3) is 0 Å². The number of rotatable bonds is 26. The number of unbranched alkanes of at least 4 members (excludes halogenated alkanes) is 1. The number of nitrogens with one attached hydrogen (secondary N) is 9. The number of aliphatic hydroxyl groups excluding tert-OH is 1. The molecule has 0 aliphatic carbocycles. The number of carbonyl (C=O) groups excluding carboxylic acids is 11. The number of aromatic nitrogens is 3. The molecule has 1 aromatic heterocycles. The summed E-state index contributed by atoms with van der Waals surface area (Å²) in [4.78, 5) is 151. The van der Waals surface area contributed by atoms with E-state index in [1.165, 1.54) is 6.92 Å². The molecule has 11 amide bonds. The zero-order chi connectivity index (χ0) is 59.9. The predicted molar refractivity (Wildman–Crippen MR) is 292 cm³/mol. The Morgan fingerprint density at radius 3 is 2.09 bits per heavy atom. The van der Waals surface area contributed by atoms with Crippen molar-refractivity contribution < 1.29 is 57.8 Å². The van der Waals surface area contributed by atoms with E-state index in [2.05, 4.69) is 63.2 Å². The first-order valence-corrected chi connectivity index (χ1v) is 27.4. The second-order valence-electron chi connectivity index (χ2n) is 20.4. The van der Waals surface area contributed by atoms with E-state index in [0.717, 1.165) is 0 Å². The Kier molecular flexibility index (Phi) is 31.4. The maximum Gasteiger partial charge on any atom is 0.245 e. The van der Waals surface area contributed by atoms with Gasteiger partial charge in [-0.05, 0) is 102 Å². The van der Waals surface area contributed by atoms with Gasteiger partial charge in [0.15, 0.2) is 5.96 Å². The summed E-state index contributed by atoms with van der Waals surface area (Å²) in [6.45, 7) is 7.52. The molecule has 30 nitrogen and oxygen atoms in total. The summed E-state index contributed by atoms with van der Waals surface area (Å²) in [7, 11) is 0. The normalized spacial score (nSPS) is 20.5. The van der Waals surface area contributed by atoms with Crippen molar-refractivity contribution in [1.29, 1.82) is 0 Å². The molecule has 2 bridgehead atoms. The third-order valence-corrected chi connectivity index (χ3v) is 13.1. The molecule has 80 heavy (non-hydrogen) atoms. The van der Waals surface area contributed by atoms with Crippen LogP contribution < -0.4 is 76.5 Å². The molecule has 2 unspecified atom stereocenters. The Hall–Kier alpha value is -7.50. The zero-order valence-corrected chi connectivity index (χ0v) is 46.8. The molecule has 9 atom stereocenters. The van der Waals surface area contributed by atoms with Crippen molar-refractivity contribution in [2.24, 2.45) is 45.5 Å². The van der Waals surface area contributed by atoms with Crippen LogP contribution in [0, 0.1) is 11.8 Å². The van der Waals surface area contributed by atoms with Crippen molar-refractivity contribution >= 4 is 70.9 Å². The minimum Gasteiger partial charge on any atom is -0.394 e. The molecule has 0 fully saturated rings. The monoisotopic (exact) mass is 1130 g/mol. The van der Waals surface area contributed by atoms with Crippen LogP contribution in [0.1, 0.15) is 137 Å². The minimum absolute atomic E-state index is 0.00361. The third kappa shape index (κ3) is 26.4. The van der Waals surface area contributed by atoms with Crippen LogP contribution in [0.5, 0.6) is 0 Å². The highest BCUT2D eigenvalue weighted by Gasteiger charge is 2.36. The smallest absolute Gasteiger partial charge is 0.245 e. The summed E-state index contributed by atoms with van der Waals surface area (Å²) in [5.41, 5.74) is 28.1. The summed E-state index contributed by atoms with van der Waals surface area (Å²) in [6, 6.07) is -10.6. The van der Waals surface area contributed by atoms with Gasteiger partial charge in [0.05, 0.1) is 18.8 Å². The van der Waals surface area contributed by atoms with Gasteiger partial charge in [0.1, 0.15) is 48.3 Å². The van der Waals surface area contributed by atoms with E-state index in [-0.39, 0.29) is 69.8 Å². The van der Waals surface area contributed by atoms with E-state index in [4.69, 9.17) is 28.7 Å². The summed E-state index contributed by atoms with van der Waals surface area (Å²) >= 11 is 0. The number of aliphatic hydroxyl groups is 1. The number of carbonyl (C=O) groups is 11. The molecule has 1 aromatic rings. The van der Waals surface area contributed by atoms with Crippen LogP contribution >= 0.6 is 0 Å². The molecule has 20 N–H and O–H groups in total. The second kappa shape index (κ2) is 36.6. The molecule has 2 heterocycles. The number of nitrogens with zero attached hydrogens (tertiary/aromatic N) is 4. The summed E-state index contributed by atoms with van der Waals surface area (Å²) < 4.78 is 1.58. The lowest BCUT2D eigenvalue weighted by molar-refractivity contribution is -0.137. The van der Waals surface area contributed by atoms with Crippen LogP contribution in [0.2, 0.25) is 0 Å². The van der Waals surface area contributed by atoms with Gasteiger partial charge in [0, 0.05) is 32.6 Å². The van der Waals surface area contributed by atoms with Crippen molar-refractivity contribution in [2.45, 2.75) is 192 Å². The standard InChI is InChI=1S/C50H88N18O12/c1-6-29(4)41-49(80)62-36(19-20-39(52)71)46(77)61-35(45(76)63-37(24-28(2)3)47(78)60-32(42(53)73)18-13-22-56-50(54)55)15-8-7-14-31-26-68(67-66-31)23-12-10-17-34(44(75)64-38(27-69)48(79)65-41)59-40(72)25-57-43(74)33(58-30(5)70)16-9-11-21-51/h26,28-29,32-38,41,69H,6-25,27,51H2,1-5H3,(H2,52,71)(H2,53,73)(H,57,74)(H,58,70)(H,59,72)(H,60,78)(H,61,77)(H,62,80)(H,63,76)(H,64,75)(H,65,79)(H4,54,55,56)/t29-,32-,33-,34?,35-,36?,37-,38-,41-/m0/s1. The van der Waals surface area contributed by atoms with Gasteiger partial charge in [0.25, 0.3) is 0 Å². The highest BCUT2D eigenvalue weighted by Crippen LogP contribution is 2.14. The molecule has 0 saturated heterocycles. The van der Waals surface area contributed by atoms with Gasteiger partial charge in [0.2, 0.25) is 65.0 Å². The lowest BCUT2D eigenvalue weighted by Gasteiger charge is -2.29. The number of aryl methyl sites for hydroxylation is 2. The van der Waals surface area contributed by atoms with Crippen molar-refractivity contribution in [1.82, 2.24) is 62.8 Å². The van der Waals surface area contributed by atoms with E-state index in [1.807, 2.05) is 13.8 Å². The Bertz CT molecular complexity index is 2260. The first kappa shape index (κ1) is 68.6.